The van der Waals surface area contributed by atoms with Crippen LogP contribution in [0.2, 0.25) is 0 Å². The molecule has 1 N–H and O–H groups in total. The highest BCUT2D eigenvalue weighted by Crippen LogP contribution is 2.33. The van der Waals surface area contributed by atoms with E-state index < -0.39 is 0 Å². The molecule has 0 bridgehead atoms. The van der Waals surface area contributed by atoms with E-state index in [4.69, 9.17) is 0 Å². The van der Waals surface area contributed by atoms with Crippen molar-refractivity contribution in [1.29, 1.82) is 0 Å². The molecule has 2 saturated carbocycles. The van der Waals surface area contributed by atoms with E-state index >= 15 is 0 Å². The van der Waals surface area contributed by atoms with Crippen molar-refractivity contribution >= 4 is 0 Å². The lowest BCUT2D eigenvalue weighted by atomic mass is 9.75. The molecular formula is C16H31N. The number of nitrogens with one attached hydrogen (secondary N) is 1. The van der Waals surface area contributed by atoms with Gasteiger partial charge in [-0.1, -0.05) is 40.5 Å². The quantitative estimate of drug-likeness (QED) is 0.758. The molecular weight excluding hydrogens is 206 g/mol. The molecule has 0 aromatic heterocycles. The van der Waals surface area contributed by atoms with Crippen LogP contribution in [0.25, 0.3) is 0 Å². The lowest BCUT2D eigenvalue weighted by Crippen LogP contribution is -2.49. The van der Waals surface area contributed by atoms with Crippen LogP contribution in [-0.4, -0.2) is 12.1 Å². The van der Waals surface area contributed by atoms with Gasteiger partial charge in [0.2, 0.25) is 0 Å². The monoisotopic (exact) mass is 237 g/mol. The Balaban J connectivity index is 1.87. The van der Waals surface area contributed by atoms with Crippen molar-refractivity contribution in [2.75, 3.05) is 0 Å². The molecule has 0 aromatic rings. The molecule has 1 heteroatoms. The SMILES string of the molecule is CC1CCC(NC2CCCC(C)C2C)C(C)C1. The zero-order chi connectivity index (χ0) is 12.4. The Kier molecular flexibility index (Phi) is 4.52. The Morgan fingerprint density at radius 3 is 2.24 bits per heavy atom. The van der Waals surface area contributed by atoms with Crippen LogP contribution in [0.1, 0.15) is 66.2 Å². The first-order valence-electron chi connectivity index (χ1n) is 7.84. The van der Waals surface area contributed by atoms with Crippen LogP contribution in [0.15, 0.2) is 0 Å². The summed E-state index contributed by atoms with van der Waals surface area (Å²) < 4.78 is 0. The normalized spacial score (nSPS) is 48.0. The zero-order valence-corrected chi connectivity index (χ0v) is 12.2. The molecule has 0 aromatic carbocycles. The minimum Gasteiger partial charge on any atom is -0.311 e. The fourth-order valence-corrected chi connectivity index (χ4v) is 4.01. The topological polar surface area (TPSA) is 12.0 Å². The van der Waals surface area contributed by atoms with E-state index in [-0.39, 0.29) is 0 Å². The van der Waals surface area contributed by atoms with Gasteiger partial charge < -0.3 is 5.32 Å². The predicted octanol–water partition coefficient (Wildman–Crippen LogP) is 4.23. The fraction of sp³-hybridized carbons (Fsp3) is 1.00. The van der Waals surface area contributed by atoms with Gasteiger partial charge in [-0.05, 0) is 49.4 Å². The summed E-state index contributed by atoms with van der Waals surface area (Å²) >= 11 is 0. The molecule has 1 nitrogen and oxygen atoms in total. The van der Waals surface area contributed by atoms with E-state index in [0.717, 1.165) is 35.8 Å². The molecule has 6 atom stereocenters. The van der Waals surface area contributed by atoms with Crippen molar-refractivity contribution in [1.82, 2.24) is 5.32 Å². The highest BCUT2D eigenvalue weighted by molar-refractivity contribution is 4.88. The number of rotatable bonds is 2. The van der Waals surface area contributed by atoms with Crippen molar-refractivity contribution in [2.45, 2.75) is 78.3 Å². The predicted molar refractivity (Wildman–Crippen MR) is 75.1 cm³/mol. The molecule has 100 valence electrons. The standard InChI is InChI=1S/C16H31N/c1-11-8-9-15(13(3)10-11)17-16-7-5-6-12(2)14(16)4/h11-17H,5-10H2,1-4H3. The van der Waals surface area contributed by atoms with Crippen LogP contribution in [0.4, 0.5) is 0 Å². The fourth-order valence-electron chi connectivity index (χ4n) is 4.01. The number of hydrogen-bond acceptors (Lipinski definition) is 1. The van der Waals surface area contributed by atoms with Gasteiger partial charge in [0, 0.05) is 12.1 Å². The van der Waals surface area contributed by atoms with E-state index in [1.807, 2.05) is 0 Å². The summed E-state index contributed by atoms with van der Waals surface area (Å²) in [5.41, 5.74) is 0. The highest BCUT2D eigenvalue weighted by atomic mass is 15.0. The van der Waals surface area contributed by atoms with E-state index in [0.29, 0.717) is 0 Å². The van der Waals surface area contributed by atoms with Gasteiger partial charge in [-0.2, -0.15) is 0 Å². The molecule has 0 saturated heterocycles. The third-order valence-electron chi connectivity index (χ3n) is 5.57. The Hall–Kier alpha value is -0.0400. The van der Waals surface area contributed by atoms with Gasteiger partial charge >= 0.3 is 0 Å². The molecule has 6 unspecified atom stereocenters. The van der Waals surface area contributed by atoms with Crippen molar-refractivity contribution in [2.24, 2.45) is 23.7 Å². The molecule has 0 spiro atoms. The summed E-state index contributed by atoms with van der Waals surface area (Å²) in [7, 11) is 0. The molecule has 2 aliphatic rings. The zero-order valence-electron chi connectivity index (χ0n) is 12.2. The van der Waals surface area contributed by atoms with E-state index in [1.54, 1.807) is 0 Å². The van der Waals surface area contributed by atoms with Gasteiger partial charge in [0.25, 0.3) is 0 Å². The highest BCUT2D eigenvalue weighted by Gasteiger charge is 2.32. The Morgan fingerprint density at radius 2 is 1.53 bits per heavy atom. The van der Waals surface area contributed by atoms with Crippen molar-refractivity contribution in [3.63, 3.8) is 0 Å². The molecule has 2 fully saturated rings. The van der Waals surface area contributed by atoms with Crippen LogP contribution in [-0.2, 0) is 0 Å². The third kappa shape index (κ3) is 3.24. The Morgan fingerprint density at radius 1 is 0.765 bits per heavy atom. The first-order valence-corrected chi connectivity index (χ1v) is 7.84. The van der Waals surface area contributed by atoms with Gasteiger partial charge in [-0.25, -0.2) is 0 Å². The average Bonchev–Trinajstić information content (AvgIpc) is 2.28. The minimum atomic E-state index is 0.791. The second-order valence-electron chi connectivity index (χ2n) is 7.04. The van der Waals surface area contributed by atoms with Gasteiger partial charge in [-0.3, -0.25) is 0 Å². The van der Waals surface area contributed by atoms with E-state index in [9.17, 15) is 0 Å². The Labute approximate surface area is 108 Å². The average molecular weight is 237 g/mol. The summed E-state index contributed by atoms with van der Waals surface area (Å²) in [6, 6.07) is 1.59. The summed E-state index contributed by atoms with van der Waals surface area (Å²) in [6.45, 7) is 9.75. The summed E-state index contributed by atoms with van der Waals surface area (Å²) in [6.07, 6.45) is 8.54. The van der Waals surface area contributed by atoms with Crippen molar-refractivity contribution in [3.05, 3.63) is 0 Å². The summed E-state index contributed by atoms with van der Waals surface area (Å²) in [4.78, 5) is 0. The molecule has 2 rings (SSSR count). The van der Waals surface area contributed by atoms with E-state index in [2.05, 4.69) is 33.0 Å². The molecule has 0 aliphatic heterocycles. The maximum absolute atomic E-state index is 4.01. The minimum absolute atomic E-state index is 0.791. The largest absolute Gasteiger partial charge is 0.311 e. The van der Waals surface area contributed by atoms with Crippen LogP contribution in [0.3, 0.4) is 0 Å². The van der Waals surface area contributed by atoms with Crippen molar-refractivity contribution in [3.8, 4) is 0 Å². The van der Waals surface area contributed by atoms with Crippen LogP contribution in [0.5, 0.6) is 0 Å². The summed E-state index contributed by atoms with van der Waals surface area (Å²) in [5, 5.41) is 4.01. The molecule has 0 heterocycles. The lowest BCUT2D eigenvalue weighted by molar-refractivity contribution is 0.149. The van der Waals surface area contributed by atoms with Crippen molar-refractivity contribution < 1.29 is 0 Å². The molecule has 17 heavy (non-hydrogen) atoms. The summed E-state index contributed by atoms with van der Waals surface area (Å²) in [5.74, 6) is 3.61. The van der Waals surface area contributed by atoms with Gasteiger partial charge in [-0.15, -0.1) is 0 Å². The smallest absolute Gasteiger partial charge is 0.00979 e. The maximum atomic E-state index is 4.01. The van der Waals surface area contributed by atoms with Gasteiger partial charge in [0.15, 0.2) is 0 Å². The van der Waals surface area contributed by atoms with Crippen LogP contribution < -0.4 is 5.32 Å². The second kappa shape index (κ2) is 5.73. The molecule has 0 radical (unpaired) electrons. The lowest BCUT2D eigenvalue weighted by Gasteiger charge is -2.41. The Bertz CT molecular complexity index is 238. The first-order chi connectivity index (χ1) is 8.08. The van der Waals surface area contributed by atoms with E-state index in [1.165, 1.54) is 38.5 Å². The third-order valence-corrected chi connectivity index (χ3v) is 5.57. The molecule has 0 amide bonds. The first kappa shape index (κ1) is 13.4. The molecule has 2 aliphatic carbocycles. The maximum Gasteiger partial charge on any atom is 0.00979 e. The number of hydrogen-bond donors (Lipinski definition) is 1. The van der Waals surface area contributed by atoms with Crippen LogP contribution in [0, 0.1) is 23.7 Å². The second-order valence-corrected chi connectivity index (χ2v) is 7.04. The van der Waals surface area contributed by atoms with Gasteiger partial charge in [0.05, 0.1) is 0 Å². The van der Waals surface area contributed by atoms with Gasteiger partial charge in [0.1, 0.15) is 0 Å². The van der Waals surface area contributed by atoms with Crippen LogP contribution >= 0.6 is 0 Å².